The molecule has 3 aromatic heterocycles. The van der Waals surface area contributed by atoms with Gasteiger partial charge in [0.2, 0.25) is 11.7 Å². The number of carbonyl (C=O) groups excluding carboxylic acids is 1. The van der Waals surface area contributed by atoms with Gasteiger partial charge in [-0.25, -0.2) is 4.57 Å². The Morgan fingerprint density at radius 2 is 1.79 bits per heavy atom. The molecule has 0 fully saturated rings. The van der Waals surface area contributed by atoms with Gasteiger partial charge in [0.1, 0.15) is 0 Å². The Morgan fingerprint density at radius 1 is 1.00 bits per heavy atom. The number of hydrogen-bond donors (Lipinski definition) is 1. The molecule has 0 saturated heterocycles. The molecule has 0 aliphatic carbocycles. The number of amides is 1. The summed E-state index contributed by atoms with van der Waals surface area (Å²) >= 11 is 1.27. The second-order valence-corrected chi connectivity index (χ2v) is 8.44. The third-order valence-corrected chi connectivity index (χ3v) is 6.14. The van der Waals surface area contributed by atoms with Crippen molar-refractivity contribution in [2.24, 2.45) is 0 Å². The Bertz CT molecular complexity index is 1510. The van der Waals surface area contributed by atoms with Crippen LogP contribution in [0.25, 0.3) is 22.4 Å². The van der Waals surface area contributed by atoms with Crippen LogP contribution in [0.4, 0.5) is 0 Å². The number of aryl methyl sites for hydroxylation is 1. The van der Waals surface area contributed by atoms with Crippen LogP contribution < -0.4 is 10.9 Å². The van der Waals surface area contributed by atoms with E-state index in [9.17, 15) is 9.59 Å². The maximum Gasteiger partial charge on any atom is 0.267 e. The Kier molecular flexibility index (Phi) is 5.62. The van der Waals surface area contributed by atoms with Crippen molar-refractivity contribution in [2.45, 2.75) is 18.6 Å². The lowest BCUT2D eigenvalue weighted by molar-refractivity contribution is -0.118. The van der Waals surface area contributed by atoms with Gasteiger partial charge in [-0.15, -0.1) is 10.2 Å². The van der Waals surface area contributed by atoms with Crippen molar-refractivity contribution in [3.8, 4) is 5.69 Å². The maximum absolute atomic E-state index is 13.3. The van der Waals surface area contributed by atoms with Gasteiger partial charge in [-0.2, -0.15) is 0 Å². The van der Waals surface area contributed by atoms with E-state index < -0.39 is 0 Å². The summed E-state index contributed by atoms with van der Waals surface area (Å²) < 4.78 is 3.38. The molecule has 33 heavy (non-hydrogen) atoms. The minimum absolute atomic E-state index is 0.140. The van der Waals surface area contributed by atoms with Crippen LogP contribution in [-0.2, 0) is 11.3 Å². The van der Waals surface area contributed by atoms with E-state index in [1.807, 2.05) is 72.0 Å². The Balaban J connectivity index is 1.50. The highest BCUT2D eigenvalue weighted by Gasteiger charge is 2.18. The molecule has 2 aromatic carbocycles. The van der Waals surface area contributed by atoms with Crippen molar-refractivity contribution in [3.63, 3.8) is 0 Å². The molecule has 0 atom stereocenters. The summed E-state index contributed by atoms with van der Waals surface area (Å²) in [5, 5.41) is 12.6. The molecule has 0 saturated carbocycles. The minimum atomic E-state index is -0.168. The normalized spacial score (nSPS) is 11.2. The van der Waals surface area contributed by atoms with Gasteiger partial charge in [-0.05, 0) is 43.3 Å². The molecule has 5 rings (SSSR count). The van der Waals surface area contributed by atoms with Gasteiger partial charge in [0.05, 0.1) is 34.6 Å². The summed E-state index contributed by atoms with van der Waals surface area (Å²) in [6, 6.07) is 20.6. The highest BCUT2D eigenvalue weighted by atomic mass is 32.2. The molecule has 8 nitrogen and oxygen atoms in total. The number of fused-ring (bicyclic) bond motifs is 3. The first kappa shape index (κ1) is 20.9. The summed E-state index contributed by atoms with van der Waals surface area (Å²) in [6.45, 7) is 2.35. The monoisotopic (exact) mass is 456 g/mol. The van der Waals surface area contributed by atoms with Crippen LogP contribution in [0.3, 0.4) is 0 Å². The fourth-order valence-corrected chi connectivity index (χ4v) is 4.34. The van der Waals surface area contributed by atoms with E-state index in [1.54, 1.807) is 16.8 Å². The van der Waals surface area contributed by atoms with Crippen molar-refractivity contribution in [1.82, 2.24) is 29.5 Å². The molecule has 1 amide bonds. The fourth-order valence-electron chi connectivity index (χ4n) is 3.57. The minimum Gasteiger partial charge on any atom is -0.350 e. The molecule has 0 aliphatic rings. The van der Waals surface area contributed by atoms with Gasteiger partial charge >= 0.3 is 0 Å². The molecule has 5 aromatic rings. The van der Waals surface area contributed by atoms with Crippen LogP contribution in [0.15, 0.2) is 82.9 Å². The zero-order valence-electron chi connectivity index (χ0n) is 17.8. The van der Waals surface area contributed by atoms with Crippen LogP contribution in [-0.4, -0.2) is 35.8 Å². The van der Waals surface area contributed by atoms with Crippen molar-refractivity contribution >= 4 is 34.3 Å². The number of pyridine rings is 1. The van der Waals surface area contributed by atoms with Gasteiger partial charge in [0, 0.05) is 6.20 Å². The molecule has 0 spiro atoms. The lowest BCUT2D eigenvalue weighted by Gasteiger charge is -2.11. The standard InChI is InChI=1S/C24H20N6O2S/c1-16-9-11-18(12-10-16)29-22(32)19-7-2-3-8-20(19)30-23(29)27-28-24(30)33-15-21(31)26-14-17-6-4-5-13-25-17/h2-13H,14-15H2,1H3,(H,26,31). The van der Waals surface area contributed by atoms with Crippen LogP contribution in [0, 0.1) is 6.92 Å². The number of nitrogens with zero attached hydrogens (tertiary/aromatic N) is 5. The molecule has 0 unspecified atom stereocenters. The van der Waals surface area contributed by atoms with Gasteiger partial charge in [0.25, 0.3) is 5.56 Å². The number of hydrogen-bond acceptors (Lipinski definition) is 6. The quantitative estimate of drug-likeness (QED) is 0.395. The van der Waals surface area contributed by atoms with Crippen molar-refractivity contribution in [2.75, 3.05) is 5.75 Å². The zero-order valence-corrected chi connectivity index (χ0v) is 18.6. The molecule has 9 heteroatoms. The van der Waals surface area contributed by atoms with Gasteiger partial charge in [-0.1, -0.05) is 47.7 Å². The third-order valence-electron chi connectivity index (χ3n) is 5.21. The topological polar surface area (TPSA) is 94.2 Å². The van der Waals surface area contributed by atoms with Gasteiger partial charge < -0.3 is 5.32 Å². The lowest BCUT2D eigenvalue weighted by Crippen LogP contribution is -2.25. The van der Waals surface area contributed by atoms with Crippen LogP contribution in [0.1, 0.15) is 11.3 Å². The number of nitrogens with one attached hydrogen (secondary N) is 1. The fraction of sp³-hybridized carbons (Fsp3) is 0.125. The molecule has 164 valence electrons. The molecule has 0 aliphatic heterocycles. The molecule has 1 N–H and O–H groups in total. The second-order valence-electron chi connectivity index (χ2n) is 7.50. The predicted octanol–water partition coefficient (Wildman–Crippen LogP) is 3.15. The molecular formula is C24H20N6O2S. The van der Waals surface area contributed by atoms with E-state index in [1.165, 1.54) is 11.8 Å². The number of carbonyl (C=O) groups is 1. The van der Waals surface area contributed by atoms with Crippen molar-refractivity contribution in [3.05, 3.63) is 94.5 Å². The summed E-state index contributed by atoms with van der Waals surface area (Å²) in [4.78, 5) is 29.9. The van der Waals surface area contributed by atoms with Crippen molar-refractivity contribution in [1.29, 1.82) is 0 Å². The lowest BCUT2D eigenvalue weighted by atomic mass is 10.2. The van der Waals surface area contributed by atoms with Gasteiger partial charge in [0.15, 0.2) is 5.16 Å². The summed E-state index contributed by atoms with van der Waals surface area (Å²) in [5.41, 5.74) is 3.12. The zero-order chi connectivity index (χ0) is 22.8. The first-order valence-electron chi connectivity index (χ1n) is 10.4. The smallest absolute Gasteiger partial charge is 0.267 e. The highest BCUT2D eigenvalue weighted by Crippen LogP contribution is 2.23. The predicted molar refractivity (Wildman–Crippen MR) is 128 cm³/mol. The van der Waals surface area contributed by atoms with Gasteiger partial charge in [-0.3, -0.25) is 19.0 Å². The number of aromatic nitrogens is 5. The van der Waals surface area contributed by atoms with Crippen LogP contribution in [0.2, 0.25) is 0 Å². The van der Waals surface area contributed by atoms with E-state index in [4.69, 9.17) is 0 Å². The molecule has 0 bridgehead atoms. The van der Waals surface area contributed by atoms with E-state index >= 15 is 0 Å². The second kappa shape index (κ2) is 8.87. The van der Waals surface area contributed by atoms with Crippen LogP contribution >= 0.6 is 11.8 Å². The summed E-state index contributed by atoms with van der Waals surface area (Å²) in [5.74, 6) is 0.420. The number of benzene rings is 2. The Labute approximate surface area is 193 Å². The first-order valence-corrected chi connectivity index (χ1v) is 11.4. The van der Waals surface area contributed by atoms with Crippen LogP contribution in [0.5, 0.6) is 0 Å². The highest BCUT2D eigenvalue weighted by molar-refractivity contribution is 7.99. The van der Waals surface area contributed by atoms with Crippen molar-refractivity contribution < 1.29 is 4.79 Å². The third kappa shape index (κ3) is 4.10. The SMILES string of the molecule is Cc1ccc(-n2c(=O)c3ccccc3n3c(SCC(=O)NCc4ccccn4)nnc23)cc1. The number of rotatable bonds is 6. The van der Waals surface area contributed by atoms with E-state index in [2.05, 4.69) is 20.5 Å². The number of para-hydroxylation sites is 1. The first-order chi connectivity index (χ1) is 16.1. The largest absolute Gasteiger partial charge is 0.350 e. The van der Waals surface area contributed by atoms with E-state index in [-0.39, 0.29) is 17.2 Å². The average Bonchev–Trinajstić information content (AvgIpc) is 3.27. The number of thioether (sulfide) groups is 1. The summed E-state index contributed by atoms with van der Waals surface area (Å²) in [6.07, 6.45) is 1.69. The Morgan fingerprint density at radius 3 is 2.58 bits per heavy atom. The summed E-state index contributed by atoms with van der Waals surface area (Å²) in [7, 11) is 0. The Hall–Kier alpha value is -3.98. The molecule has 3 heterocycles. The molecular weight excluding hydrogens is 436 g/mol. The average molecular weight is 457 g/mol. The molecule has 0 radical (unpaired) electrons. The maximum atomic E-state index is 13.3. The van der Waals surface area contributed by atoms with E-state index in [0.717, 1.165) is 11.3 Å². The van der Waals surface area contributed by atoms with E-state index in [0.29, 0.717) is 34.1 Å².